The van der Waals surface area contributed by atoms with Crippen LogP contribution in [0.25, 0.3) is 9.69 Å². The molecule has 0 aliphatic heterocycles. The third kappa shape index (κ3) is 33.5. The quantitative estimate of drug-likeness (QED) is 0.0262. The molecule has 2 atom stereocenters. The van der Waals surface area contributed by atoms with Crippen molar-refractivity contribution in [3.8, 4) is 0 Å². The van der Waals surface area contributed by atoms with Gasteiger partial charge in [0.05, 0.1) is 27.2 Å². The molecule has 0 fully saturated rings. The Hall–Kier alpha value is -1.62. The summed E-state index contributed by atoms with van der Waals surface area (Å²) in [6, 6.07) is 0. The van der Waals surface area contributed by atoms with E-state index < -0.39 is 0 Å². The van der Waals surface area contributed by atoms with Gasteiger partial charge in [-0.1, -0.05) is 141 Å². The topological polar surface area (TPSA) is 8.72 Å². The van der Waals surface area contributed by atoms with Gasteiger partial charge in [0.2, 0.25) is 0 Å². The van der Waals surface area contributed by atoms with Crippen LogP contribution in [0.15, 0.2) is 24.3 Å². The molecule has 4 heteroatoms. The van der Waals surface area contributed by atoms with Crippen molar-refractivity contribution < 1.29 is 8.97 Å². The van der Waals surface area contributed by atoms with Gasteiger partial charge in [-0.05, 0) is 77.0 Å². The number of allylic oxidation sites excluding steroid dienone is 4. The minimum atomic E-state index is 0.629. The number of nitrogens with zero attached hydrogens (tertiary/aromatic N) is 4. The Balaban J connectivity index is 4.22. The van der Waals surface area contributed by atoms with E-state index >= 15 is 0 Å². The molecule has 0 aromatic heterocycles. The molecule has 0 rings (SSSR count). The zero-order chi connectivity index (χ0) is 36.7. The number of quaternary nitrogens is 2. The predicted octanol–water partition coefficient (Wildman–Crippen LogP) is 13.8. The first-order valence-electron chi connectivity index (χ1n) is 22.1. The van der Waals surface area contributed by atoms with Gasteiger partial charge in [0.25, 0.3) is 13.1 Å². The van der Waals surface area contributed by atoms with Crippen LogP contribution in [0.2, 0.25) is 0 Å². The second-order valence-corrected chi connectivity index (χ2v) is 16.2. The maximum atomic E-state index is 7.44. The second kappa shape index (κ2) is 37.1. The number of likely N-dealkylation sites (N-methyl/N-ethyl adjacent to an activating group) is 2. The summed E-state index contributed by atoms with van der Waals surface area (Å²) in [7, 11) is 4.79. The Morgan fingerprint density at radius 1 is 0.340 bits per heavy atom. The number of unbranched alkanes of at least 4 members (excludes halogenated alkanes) is 24. The predicted molar refractivity (Wildman–Crippen MR) is 223 cm³/mol. The molecule has 0 N–H and O–H groups in total. The maximum Gasteiger partial charge on any atom is 0.262 e. The van der Waals surface area contributed by atoms with Crippen molar-refractivity contribution in [3.05, 3.63) is 47.1 Å². The van der Waals surface area contributed by atoms with E-state index in [0.717, 1.165) is 35.1 Å². The first kappa shape index (κ1) is 48.4. The standard InChI is InChI=1S/C46H88N4/c1-7-9-11-13-15-17-19-21-23-25-27-29-31-33-35-37-41-49(5,43-39-47-3)45-46-50(6,44-40-48-4)42-38-36-34-32-30-28-26-24-22-20-18-16-14-12-10-8-2/h21-24H,7-20,25-46H2,1-2,5-6H3/q+2/b23-21+,24-22+. The molecule has 0 aromatic rings. The van der Waals surface area contributed by atoms with Crippen LogP contribution in [-0.2, 0) is 0 Å². The normalized spacial score (nSPS) is 14.2. The van der Waals surface area contributed by atoms with Gasteiger partial charge in [-0.25, -0.2) is 13.1 Å². The summed E-state index contributed by atoms with van der Waals surface area (Å²) in [6.45, 7) is 27.3. The van der Waals surface area contributed by atoms with Crippen molar-refractivity contribution in [3.63, 3.8) is 0 Å². The lowest BCUT2D eigenvalue weighted by atomic mass is 10.1. The summed E-state index contributed by atoms with van der Waals surface area (Å²) in [5, 5.41) is 0. The molecule has 0 aromatic carbocycles. The minimum Gasteiger partial charge on any atom is -0.315 e. The Bertz CT molecular complexity index is 781. The van der Waals surface area contributed by atoms with Crippen LogP contribution in [0.4, 0.5) is 0 Å². The van der Waals surface area contributed by atoms with Gasteiger partial charge >= 0.3 is 0 Å². The van der Waals surface area contributed by atoms with Crippen molar-refractivity contribution in [2.75, 3.05) is 66.5 Å². The fourth-order valence-electron chi connectivity index (χ4n) is 7.22. The van der Waals surface area contributed by atoms with Crippen LogP contribution < -0.4 is 0 Å². The molecule has 0 saturated heterocycles. The molecule has 290 valence electrons. The Morgan fingerprint density at radius 2 is 0.600 bits per heavy atom. The largest absolute Gasteiger partial charge is 0.315 e. The van der Waals surface area contributed by atoms with Crippen LogP contribution in [-0.4, -0.2) is 75.4 Å². The second-order valence-electron chi connectivity index (χ2n) is 16.2. The van der Waals surface area contributed by atoms with Crippen molar-refractivity contribution in [1.82, 2.24) is 0 Å². The van der Waals surface area contributed by atoms with E-state index in [2.05, 4.69) is 61.9 Å². The average Bonchev–Trinajstić information content (AvgIpc) is 3.12. The molecule has 50 heavy (non-hydrogen) atoms. The van der Waals surface area contributed by atoms with Crippen LogP contribution in [0.1, 0.15) is 194 Å². The highest BCUT2D eigenvalue weighted by molar-refractivity contribution is 4.82. The molecule has 0 amide bonds. The van der Waals surface area contributed by atoms with E-state index in [1.54, 1.807) is 0 Å². The van der Waals surface area contributed by atoms with Crippen molar-refractivity contribution in [2.24, 2.45) is 0 Å². The molecule has 0 spiro atoms. The van der Waals surface area contributed by atoms with E-state index in [-0.39, 0.29) is 0 Å². The van der Waals surface area contributed by atoms with E-state index in [1.165, 1.54) is 193 Å². The zero-order valence-corrected chi connectivity index (χ0v) is 34.6. The molecule has 4 nitrogen and oxygen atoms in total. The van der Waals surface area contributed by atoms with E-state index in [4.69, 9.17) is 13.1 Å². The highest BCUT2D eigenvalue weighted by Crippen LogP contribution is 2.16. The van der Waals surface area contributed by atoms with E-state index in [9.17, 15) is 0 Å². The van der Waals surface area contributed by atoms with Crippen LogP contribution in [0.3, 0.4) is 0 Å². The van der Waals surface area contributed by atoms with E-state index in [0.29, 0.717) is 13.1 Å². The summed E-state index contributed by atoms with van der Waals surface area (Å²) in [5.74, 6) is 0. The molecule has 2 unspecified atom stereocenters. The lowest BCUT2D eigenvalue weighted by molar-refractivity contribution is -0.962. The van der Waals surface area contributed by atoms with Crippen LogP contribution in [0, 0.1) is 13.1 Å². The Kier molecular flexibility index (Phi) is 35.9. The van der Waals surface area contributed by atoms with Gasteiger partial charge in [-0.3, -0.25) is 0 Å². The maximum absolute atomic E-state index is 7.44. The average molecular weight is 697 g/mol. The number of hydrogen-bond acceptors (Lipinski definition) is 0. The zero-order valence-electron chi connectivity index (χ0n) is 34.6. The highest BCUT2D eigenvalue weighted by Gasteiger charge is 2.30. The summed E-state index contributed by atoms with van der Waals surface area (Å²) in [6.07, 6.45) is 47.4. The monoisotopic (exact) mass is 697 g/mol. The highest BCUT2D eigenvalue weighted by atomic mass is 15.4. The molecule has 0 heterocycles. The summed E-state index contributed by atoms with van der Waals surface area (Å²) in [4.78, 5) is 7.49. The molecule has 0 bridgehead atoms. The van der Waals surface area contributed by atoms with Crippen LogP contribution >= 0.6 is 0 Å². The first-order chi connectivity index (χ1) is 24.4. The third-order valence-corrected chi connectivity index (χ3v) is 11.1. The molecular weight excluding hydrogens is 609 g/mol. The lowest BCUT2D eigenvalue weighted by Gasteiger charge is -2.39. The number of hydrogen-bond donors (Lipinski definition) is 0. The molecule has 0 aliphatic rings. The van der Waals surface area contributed by atoms with Gasteiger partial charge in [-0.15, -0.1) is 0 Å². The third-order valence-electron chi connectivity index (χ3n) is 11.1. The number of rotatable bonds is 39. The van der Waals surface area contributed by atoms with Gasteiger partial charge in [-0.2, -0.15) is 0 Å². The summed E-state index contributed by atoms with van der Waals surface area (Å²) >= 11 is 0. The van der Waals surface area contributed by atoms with Crippen molar-refractivity contribution >= 4 is 0 Å². The summed E-state index contributed by atoms with van der Waals surface area (Å²) < 4.78 is 2.04. The van der Waals surface area contributed by atoms with Gasteiger partial charge in [0, 0.05) is 0 Å². The van der Waals surface area contributed by atoms with Gasteiger partial charge < -0.3 is 18.7 Å². The van der Waals surface area contributed by atoms with Crippen LogP contribution in [0.5, 0.6) is 0 Å². The Labute approximate surface area is 315 Å². The first-order valence-corrected chi connectivity index (χ1v) is 22.1. The fraction of sp³-hybridized carbons (Fsp3) is 0.870. The minimum absolute atomic E-state index is 0.629. The smallest absolute Gasteiger partial charge is 0.262 e. The van der Waals surface area contributed by atoms with Gasteiger partial charge in [0.1, 0.15) is 13.1 Å². The fourth-order valence-corrected chi connectivity index (χ4v) is 7.22. The SMILES string of the molecule is [C-]#[N+]CC[N+](C)(CCCCCCCC/C=C/CCCCCCCC)CC[N+](C)(CCCCCCCC/C=C/CCCCCCCC)CC[N+]#[C-]. The Morgan fingerprint density at radius 3 is 0.880 bits per heavy atom. The lowest BCUT2D eigenvalue weighted by Crippen LogP contribution is -2.56. The molecule has 0 aliphatic carbocycles. The van der Waals surface area contributed by atoms with E-state index in [1.807, 2.05) is 0 Å². The van der Waals surface area contributed by atoms with Gasteiger partial charge in [0.15, 0.2) is 13.1 Å². The summed E-state index contributed by atoms with van der Waals surface area (Å²) in [5.41, 5.74) is 0. The molecular formula is C46H88N4+2. The van der Waals surface area contributed by atoms with Crippen molar-refractivity contribution in [1.29, 1.82) is 0 Å². The van der Waals surface area contributed by atoms with Crippen molar-refractivity contribution in [2.45, 2.75) is 194 Å². The molecule has 0 saturated carbocycles. The molecule has 0 radical (unpaired) electrons.